The van der Waals surface area contributed by atoms with Crippen LogP contribution in [0.3, 0.4) is 0 Å². The number of unbranched alkanes of at least 4 members (excludes halogenated alkanes) is 3. The van der Waals surface area contributed by atoms with Gasteiger partial charge in [-0.2, -0.15) is 0 Å². The molecule has 1 atom stereocenters. The number of hydrogen-bond acceptors (Lipinski definition) is 5. The summed E-state index contributed by atoms with van der Waals surface area (Å²) in [6, 6.07) is 16.8. The molecule has 2 aromatic carbocycles. The molecule has 7 nitrogen and oxygen atoms in total. The third kappa shape index (κ3) is 8.37. The number of hydrazine groups is 1. The summed E-state index contributed by atoms with van der Waals surface area (Å²) in [7, 11) is 1.70. The second kappa shape index (κ2) is 16.1. The van der Waals surface area contributed by atoms with Gasteiger partial charge in [0.15, 0.2) is 0 Å². The van der Waals surface area contributed by atoms with Crippen LogP contribution in [0.2, 0.25) is 0 Å². The lowest BCUT2D eigenvalue weighted by Crippen LogP contribution is -2.30. The maximum absolute atomic E-state index is 14.1. The molecule has 0 saturated heterocycles. The summed E-state index contributed by atoms with van der Waals surface area (Å²) in [5.41, 5.74) is 14.2. The number of carbonyl (C=O) groups is 1. The summed E-state index contributed by atoms with van der Waals surface area (Å²) in [6.45, 7) is 9.42. The Kier molecular flexibility index (Phi) is 12.3. The number of alkyl halides is 1. The summed E-state index contributed by atoms with van der Waals surface area (Å²) < 4.78 is 22.1. The SMILES string of the molecule is CCn1c(-c2cccnc2C(C)OC)c(CC(C)(C)CO)c2cc(-c3cc(CF)cc(CCCCCCNNC=O)c3)ccc21. The number of pyridine rings is 1. The Morgan fingerprint density at radius 1 is 1.07 bits per heavy atom. The number of methoxy groups -OCH3 is 1. The molecule has 2 heterocycles. The van der Waals surface area contributed by atoms with Gasteiger partial charge < -0.3 is 14.4 Å². The summed E-state index contributed by atoms with van der Waals surface area (Å²) in [4.78, 5) is 15.1. The van der Waals surface area contributed by atoms with E-state index >= 15 is 0 Å². The van der Waals surface area contributed by atoms with Gasteiger partial charge in [-0.1, -0.05) is 44.9 Å². The molecule has 0 saturated carbocycles. The van der Waals surface area contributed by atoms with E-state index < -0.39 is 6.67 Å². The van der Waals surface area contributed by atoms with Gasteiger partial charge in [-0.15, -0.1) is 0 Å². The second-order valence-corrected chi connectivity index (χ2v) is 12.6. The number of nitrogens with zero attached hydrogens (tertiary/aromatic N) is 2. The maximum Gasteiger partial charge on any atom is 0.221 e. The number of benzene rings is 2. The van der Waals surface area contributed by atoms with Crippen LogP contribution in [-0.2, 0) is 35.6 Å². The Hall–Kier alpha value is -3.59. The molecule has 0 fully saturated rings. The summed E-state index contributed by atoms with van der Waals surface area (Å²) in [5.74, 6) is 0. The molecular weight excluding hydrogens is 567 g/mol. The highest BCUT2D eigenvalue weighted by Crippen LogP contribution is 2.41. The summed E-state index contributed by atoms with van der Waals surface area (Å²) in [6.07, 6.45) is 7.96. The van der Waals surface area contributed by atoms with E-state index in [0.717, 1.165) is 89.7 Å². The fourth-order valence-electron chi connectivity index (χ4n) is 6.17. The van der Waals surface area contributed by atoms with Crippen LogP contribution in [0, 0.1) is 5.41 Å². The van der Waals surface area contributed by atoms with Gasteiger partial charge in [-0.05, 0) is 103 Å². The predicted octanol–water partition coefficient (Wildman–Crippen LogP) is 7.48. The number of fused-ring (bicyclic) bond motifs is 1. The van der Waals surface area contributed by atoms with E-state index in [0.29, 0.717) is 18.4 Å². The first-order valence-electron chi connectivity index (χ1n) is 16.1. The Morgan fingerprint density at radius 3 is 2.56 bits per heavy atom. The topological polar surface area (TPSA) is 88.4 Å². The zero-order chi connectivity index (χ0) is 32.4. The van der Waals surface area contributed by atoms with Crippen molar-refractivity contribution in [2.75, 3.05) is 20.3 Å². The molecule has 1 unspecified atom stereocenters. The first kappa shape index (κ1) is 34.3. The van der Waals surface area contributed by atoms with Crippen LogP contribution >= 0.6 is 0 Å². The molecule has 0 aliphatic carbocycles. The van der Waals surface area contributed by atoms with Gasteiger partial charge in [0.1, 0.15) is 6.67 Å². The highest BCUT2D eigenvalue weighted by Gasteiger charge is 2.27. The monoisotopic (exact) mass is 616 g/mol. The number of aromatic nitrogens is 2. The average molecular weight is 617 g/mol. The number of carbonyl (C=O) groups excluding carboxylic acids is 1. The molecule has 0 aliphatic rings. The number of hydrogen-bond donors (Lipinski definition) is 3. The van der Waals surface area contributed by atoms with E-state index in [1.807, 2.05) is 31.3 Å². The zero-order valence-corrected chi connectivity index (χ0v) is 27.5. The number of halogens is 1. The average Bonchev–Trinajstić information content (AvgIpc) is 3.36. The van der Waals surface area contributed by atoms with Crippen LogP contribution in [0.4, 0.5) is 4.39 Å². The quantitative estimate of drug-likeness (QED) is 0.0613. The minimum atomic E-state index is -0.508. The van der Waals surface area contributed by atoms with Crippen LogP contribution in [-0.4, -0.2) is 41.3 Å². The van der Waals surface area contributed by atoms with Crippen molar-refractivity contribution in [1.29, 1.82) is 0 Å². The molecule has 3 N–H and O–H groups in total. The number of aliphatic hydroxyl groups excluding tert-OH is 1. The van der Waals surface area contributed by atoms with Gasteiger partial charge in [0.2, 0.25) is 6.41 Å². The van der Waals surface area contributed by atoms with Crippen LogP contribution in [0.15, 0.2) is 54.7 Å². The lowest BCUT2D eigenvalue weighted by atomic mass is 9.84. The van der Waals surface area contributed by atoms with E-state index in [9.17, 15) is 14.3 Å². The summed E-state index contributed by atoms with van der Waals surface area (Å²) >= 11 is 0. The number of ether oxygens (including phenoxy) is 1. The van der Waals surface area contributed by atoms with Crippen molar-refractivity contribution >= 4 is 17.3 Å². The molecule has 4 aromatic rings. The number of rotatable bonds is 18. The molecule has 0 spiro atoms. The third-order valence-corrected chi connectivity index (χ3v) is 8.62. The van der Waals surface area contributed by atoms with Crippen molar-refractivity contribution in [2.24, 2.45) is 5.41 Å². The Balaban J connectivity index is 1.76. The van der Waals surface area contributed by atoms with E-state index in [1.54, 1.807) is 7.11 Å². The van der Waals surface area contributed by atoms with E-state index in [-0.39, 0.29) is 18.1 Å². The molecule has 0 radical (unpaired) electrons. The van der Waals surface area contributed by atoms with Crippen LogP contribution < -0.4 is 10.9 Å². The summed E-state index contributed by atoms with van der Waals surface area (Å²) in [5, 5.41) is 11.4. The van der Waals surface area contributed by atoms with Crippen molar-refractivity contribution in [3.05, 3.63) is 77.1 Å². The molecule has 1 amide bonds. The first-order valence-corrected chi connectivity index (χ1v) is 16.1. The van der Waals surface area contributed by atoms with E-state index in [4.69, 9.17) is 9.72 Å². The van der Waals surface area contributed by atoms with E-state index in [2.05, 4.69) is 66.5 Å². The predicted molar refractivity (Wildman–Crippen MR) is 180 cm³/mol. The highest BCUT2D eigenvalue weighted by atomic mass is 19.1. The molecule has 4 rings (SSSR count). The van der Waals surface area contributed by atoms with Gasteiger partial charge in [0, 0.05) is 49.5 Å². The molecule has 0 bridgehead atoms. The molecular formula is C37H49FN4O3. The number of aliphatic hydroxyl groups is 1. The Morgan fingerprint density at radius 2 is 1.84 bits per heavy atom. The van der Waals surface area contributed by atoms with Crippen molar-refractivity contribution < 1.29 is 19.0 Å². The lowest BCUT2D eigenvalue weighted by molar-refractivity contribution is -0.110. The lowest BCUT2D eigenvalue weighted by Gasteiger charge is -2.23. The fourth-order valence-corrected chi connectivity index (χ4v) is 6.17. The third-order valence-electron chi connectivity index (χ3n) is 8.62. The number of nitrogens with one attached hydrogen (secondary N) is 2. The zero-order valence-electron chi connectivity index (χ0n) is 27.5. The highest BCUT2D eigenvalue weighted by molar-refractivity contribution is 5.95. The Bertz CT molecular complexity index is 1570. The van der Waals surface area contributed by atoms with Gasteiger partial charge >= 0.3 is 0 Å². The minimum absolute atomic E-state index is 0.0628. The normalized spacial score (nSPS) is 12.5. The molecule has 8 heteroatoms. The second-order valence-electron chi connectivity index (χ2n) is 12.6. The maximum atomic E-state index is 14.1. The van der Waals surface area contributed by atoms with Crippen LogP contribution in [0.1, 0.15) is 81.9 Å². The van der Waals surface area contributed by atoms with Gasteiger partial charge in [-0.25, -0.2) is 9.82 Å². The van der Waals surface area contributed by atoms with Crippen molar-refractivity contribution in [3.63, 3.8) is 0 Å². The van der Waals surface area contributed by atoms with Gasteiger partial charge in [-0.3, -0.25) is 15.2 Å². The van der Waals surface area contributed by atoms with Crippen LogP contribution in [0.5, 0.6) is 0 Å². The largest absolute Gasteiger partial charge is 0.396 e. The molecule has 45 heavy (non-hydrogen) atoms. The number of amides is 1. The van der Waals surface area contributed by atoms with E-state index in [1.165, 1.54) is 5.56 Å². The molecule has 0 aliphatic heterocycles. The smallest absolute Gasteiger partial charge is 0.221 e. The first-order chi connectivity index (χ1) is 21.8. The van der Waals surface area contributed by atoms with Crippen LogP contribution in [0.25, 0.3) is 33.3 Å². The van der Waals surface area contributed by atoms with Crippen molar-refractivity contribution in [1.82, 2.24) is 20.4 Å². The van der Waals surface area contributed by atoms with Gasteiger partial charge in [0.05, 0.1) is 17.5 Å². The standard InChI is InChI=1S/C37H49FN4O3/c1-6-42-34-15-14-29(30-19-27(18-28(20-30)23-38)12-9-7-8-10-17-40-41-25-44)21-32(34)33(22-37(3,4)24-43)36(42)31-13-11-16-39-35(31)26(2)45-5/h11,13-16,18-21,25-26,40,43H,6-10,12,17,22-24H2,1-5H3,(H,41,44). The number of aryl methyl sites for hydroxylation is 2. The molecule has 242 valence electrons. The van der Waals surface area contributed by atoms with Crippen molar-refractivity contribution in [3.8, 4) is 22.4 Å². The van der Waals surface area contributed by atoms with Gasteiger partial charge in [0.25, 0.3) is 0 Å². The molecule has 2 aromatic heterocycles. The van der Waals surface area contributed by atoms with Crippen molar-refractivity contribution in [2.45, 2.75) is 85.5 Å². The fraction of sp³-hybridized carbons (Fsp3) is 0.459. The Labute approximate surface area is 267 Å². The minimum Gasteiger partial charge on any atom is -0.396 e.